The first-order valence-corrected chi connectivity index (χ1v) is 7.53. The predicted molar refractivity (Wildman–Crippen MR) is 82.1 cm³/mol. The number of likely N-dealkylation sites (tertiary alicyclic amines) is 1. The highest BCUT2D eigenvalue weighted by atomic mass is 16.5. The third kappa shape index (κ3) is 4.98. The monoisotopic (exact) mass is 295 g/mol. The average Bonchev–Trinajstić information content (AvgIpc) is 2.98. The summed E-state index contributed by atoms with van der Waals surface area (Å²) >= 11 is 0. The summed E-state index contributed by atoms with van der Waals surface area (Å²) in [5.74, 6) is 6.65. The van der Waals surface area contributed by atoms with Crippen LogP contribution in [0.2, 0.25) is 0 Å². The summed E-state index contributed by atoms with van der Waals surface area (Å²) in [6, 6.07) is 0.273. The van der Waals surface area contributed by atoms with Crippen LogP contribution in [0.1, 0.15) is 26.7 Å². The van der Waals surface area contributed by atoms with Gasteiger partial charge in [-0.05, 0) is 38.8 Å². The van der Waals surface area contributed by atoms with Gasteiger partial charge >= 0.3 is 6.01 Å². The van der Waals surface area contributed by atoms with Gasteiger partial charge in [-0.25, -0.2) is 5.84 Å². The quantitative estimate of drug-likeness (QED) is 0.476. The summed E-state index contributed by atoms with van der Waals surface area (Å²) < 4.78 is 5.30. The number of rotatable bonds is 8. The standard InChI is InChI=1S/C13H25N7O/c1-3-21-13-17-11(16-12(18-13)19-14)15-8-10(2)9-20-6-4-5-7-20/h10H,3-9,14H2,1-2H3,(H2,15,16,17,18,19). The number of hydrazine groups is 1. The second-order valence-corrected chi connectivity index (χ2v) is 5.34. The molecule has 1 aromatic heterocycles. The molecule has 0 spiro atoms. The molecule has 2 heterocycles. The highest BCUT2D eigenvalue weighted by molar-refractivity contribution is 5.34. The molecule has 1 saturated heterocycles. The van der Waals surface area contributed by atoms with Gasteiger partial charge in [0.25, 0.3) is 0 Å². The number of nitrogens with one attached hydrogen (secondary N) is 2. The summed E-state index contributed by atoms with van der Waals surface area (Å²) in [6.07, 6.45) is 2.63. The number of anilines is 2. The van der Waals surface area contributed by atoms with Gasteiger partial charge in [0.1, 0.15) is 0 Å². The highest BCUT2D eigenvalue weighted by Crippen LogP contribution is 2.13. The van der Waals surface area contributed by atoms with Crippen LogP contribution in [0.3, 0.4) is 0 Å². The third-order valence-electron chi connectivity index (χ3n) is 3.39. The first kappa shape index (κ1) is 15.7. The van der Waals surface area contributed by atoms with Crippen LogP contribution in [-0.4, -0.2) is 52.6 Å². The molecular formula is C13H25N7O. The maximum absolute atomic E-state index is 5.36. The van der Waals surface area contributed by atoms with Crippen LogP contribution in [0.5, 0.6) is 6.01 Å². The fourth-order valence-corrected chi connectivity index (χ4v) is 2.43. The molecule has 21 heavy (non-hydrogen) atoms. The van der Waals surface area contributed by atoms with Gasteiger partial charge in [0.05, 0.1) is 6.61 Å². The van der Waals surface area contributed by atoms with E-state index in [0.29, 0.717) is 24.4 Å². The van der Waals surface area contributed by atoms with Gasteiger partial charge in [0, 0.05) is 13.1 Å². The largest absolute Gasteiger partial charge is 0.464 e. The van der Waals surface area contributed by atoms with Crippen molar-refractivity contribution in [2.24, 2.45) is 11.8 Å². The minimum Gasteiger partial charge on any atom is -0.464 e. The highest BCUT2D eigenvalue weighted by Gasteiger charge is 2.15. The second-order valence-electron chi connectivity index (χ2n) is 5.34. The lowest BCUT2D eigenvalue weighted by Crippen LogP contribution is -2.29. The molecule has 0 aliphatic carbocycles. The minimum atomic E-state index is 0.273. The number of hydrogen-bond acceptors (Lipinski definition) is 8. The molecule has 4 N–H and O–H groups in total. The van der Waals surface area contributed by atoms with Crippen LogP contribution < -0.4 is 21.3 Å². The Morgan fingerprint density at radius 2 is 1.95 bits per heavy atom. The van der Waals surface area contributed by atoms with E-state index in [2.05, 4.69) is 37.5 Å². The van der Waals surface area contributed by atoms with Gasteiger partial charge < -0.3 is 15.0 Å². The van der Waals surface area contributed by atoms with Crippen molar-refractivity contribution in [1.29, 1.82) is 0 Å². The number of ether oxygens (including phenoxy) is 1. The number of nitrogens with zero attached hydrogens (tertiary/aromatic N) is 4. The van der Waals surface area contributed by atoms with Crippen molar-refractivity contribution in [3.8, 4) is 6.01 Å². The lowest BCUT2D eigenvalue weighted by molar-refractivity contribution is 0.293. The van der Waals surface area contributed by atoms with Crippen molar-refractivity contribution in [1.82, 2.24) is 19.9 Å². The Balaban J connectivity index is 1.87. The van der Waals surface area contributed by atoms with Gasteiger partial charge in [-0.2, -0.15) is 15.0 Å². The van der Waals surface area contributed by atoms with Crippen molar-refractivity contribution in [3.63, 3.8) is 0 Å². The molecule has 0 radical (unpaired) electrons. The molecule has 1 aliphatic rings. The summed E-state index contributed by atoms with van der Waals surface area (Å²) in [4.78, 5) is 14.9. The van der Waals surface area contributed by atoms with Crippen molar-refractivity contribution in [2.75, 3.05) is 43.5 Å². The zero-order valence-electron chi connectivity index (χ0n) is 12.8. The Bertz CT molecular complexity index is 437. The minimum absolute atomic E-state index is 0.273. The summed E-state index contributed by atoms with van der Waals surface area (Å²) in [5.41, 5.74) is 2.42. The first-order valence-electron chi connectivity index (χ1n) is 7.53. The van der Waals surface area contributed by atoms with Crippen molar-refractivity contribution >= 4 is 11.9 Å². The van der Waals surface area contributed by atoms with Gasteiger partial charge in [0.15, 0.2) is 0 Å². The molecule has 1 aliphatic heterocycles. The molecule has 2 rings (SSSR count). The van der Waals surface area contributed by atoms with Gasteiger partial charge in [-0.15, -0.1) is 0 Å². The third-order valence-corrected chi connectivity index (χ3v) is 3.39. The topological polar surface area (TPSA) is 101 Å². The lowest BCUT2D eigenvalue weighted by Gasteiger charge is -2.20. The summed E-state index contributed by atoms with van der Waals surface area (Å²) in [6.45, 7) is 8.92. The van der Waals surface area contributed by atoms with Crippen LogP contribution in [0.4, 0.5) is 11.9 Å². The van der Waals surface area contributed by atoms with E-state index >= 15 is 0 Å². The maximum Gasteiger partial charge on any atom is 0.323 e. The number of aromatic nitrogens is 3. The second kappa shape index (κ2) is 7.94. The molecule has 0 bridgehead atoms. The molecule has 1 fully saturated rings. The smallest absolute Gasteiger partial charge is 0.323 e. The number of nitrogens with two attached hydrogens (primary N) is 1. The van der Waals surface area contributed by atoms with E-state index in [0.717, 1.165) is 13.1 Å². The van der Waals surface area contributed by atoms with Crippen LogP contribution in [0.15, 0.2) is 0 Å². The Morgan fingerprint density at radius 3 is 2.62 bits per heavy atom. The lowest BCUT2D eigenvalue weighted by atomic mass is 10.1. The van der Waals surface area contributed by atoms with E-state index in [9.17, 15) is 0 Å². The first-order chi connectivity index (χ1) is 10.2. The molecule has 0 amide bonds. The normalized spacial score (nSPS) is 16.7. The summed E-state index contributed by atoms with van der Waals surface area (Å²) in [5, 5.41) is 3.23. The van der Waals surface area contributed by atoms with Gasteiger partial charge in [-0.1, -0.05) is 6.92 Å². The molecule has 0 aromatic carbocycles. The van der Waals surface area contributed by atoms with Crippen molar-refractivity contribution in [3.05, 3.63) is 0 Å². The van der Waals surface area contributed by atoms with Crippen LogP contribution in [-0.2, 0) is 0 Å². The zero-order chi connectivity index (χ0) is 15.1. The Morgan fingerprint density at radius 1 is 1.24 bits per heavy atom. The molecule has 8 heteroatoms. The Labute approximate surface area is 125 Å². The van der Waals surface area contributed by atoms with Crippen LogP contribution in [0, 0.1) is 5.92 Å². The van der Waals surface area contributed by atoms with Gasteiger partial charge in [-0.3, -0.25) is 5.43 Å². The van der Waals surface area contributed by atoms with E-state index < -0.39 is 0 Å². The van der Waals surface area contributed by atoms with E-state index in [-0.39, 0.29) is 6.01 Å². The van der Waals surface area contributed by atoms with Crippen LogP contribution >= 0.6 is 0 Å². The predicted octanol–water partition coefficient (Wildman–Crippen LogP) is 0.700. The SMILES string of the molecule is CCOc1nc(NN)nc(NCC(C)CN2CCCC2)n1. The Hall–Kier alpha value is -1.67. The molecule has 1 unspecified atom stereocenters. The fourth-order valence-electron chi connectivity index (χ4n) is 2.43. The fraction of sp³-hybridized carbons (Fsp3) is 0.769. The Kier molecular flexibility index (Phi) is 5.94. The van der Waals surface area contributed by atoms with E-state index in [1.54, 1.807) is 0 Å². The van der Waals surface area contributed by atoms with E-state index in [1.807, 2.05) is 6.92 Å². The van der Waals surface area contributed by atoms with E-state index in [4.69, 9.17) is 10.6 Å². The number of nitrogen functional groups attached to an aromatic ring is 1. The van der Waals surface area contributed by atoms with Crippen molar-refractivity contribution < 1.29 is 4.74 Å². The molecule has 1 aromatic rings. The average molecular weight is 295 g/mol. The molecule has 0 saturated carbocycles. The van der Waals surface area contributed by atoms with E-state index in [1.165, 1.54) is 25.9 Å². The maximum atomic E-state index is 5.36. The van der Waals surface area contributed by atoms with Crippen molar-refractivity contribution in [2.45, 2.75) is 26.7 Å². The number of hydrogen-bond donors (Lipinski definition) is 3. The molecule has 1 atom stereocenters. The van der Waals surface area contributed by atoms with Gasteiger partial charge in [0.2, 0.25) is 11.9 Å². The summed E-state index contributed by atoms with van der Waals surface area (Å²) in [7, 11) is 0. The zero-order valence-corrected chi connectivity index (χ0v) is 12.8. The molecule has 8 nitrogen and oxygen atoms in total. The molecular weight excluding hydrogens is 270 g/mol. The molecule has 118 valence electrons. The van der Waals surface area contributed by atoms with Crippen LogP contribution in [0.25, 0.3) is 0 Å².